The Morgan fingerprint density at radius 3 is 2.85 bits per heavy atom. The number of nitrogens with one attached hydrogen (secondary N) is 1. The maximum absolute atomic E-state index is 6.19. The Balaban J connectivity index is 1.67. The van der Waals surface area contributed by atoms with E-state index in [0.29, 0.717) is 6.04 Å². The zero-order valence-electron chi connectivity index (χ0n) is 12.4. The van der Waals surface area contributed by atoms with Crippen LogP contribution in [0, 0.1) is 17.8 Å². The van der Waals surface area contributed by atoms with Crippen molar-refractivity contribution in [1.29, 1.82) is 0 Å². The molecule has 0 aliphatic heterocycles. The van der Waals surface area contributed by atoms with Gasteiger partial charge in [-0.2, -0.15) is 0 Å². The van der Waals surface area contributed by atoms with Gasteiger partial charge in [0.05, 0.1) is 6.61 Å². The van der Waals surface area contributed by atoms with E-state index in [4.69, 9.17) is 4.74 Å². The molecule has 2 fully saturated rings. The molecule has 0 saturated heterocycles. The van der Waals surface area contributed by atoms with Crippen molar-refractivity contribution < 1.29 is 4.74 Å². The van der Waals surface area contributed by atoms with Gasteiger partial charge in [0, 0.05) is 16.1 Å². The Bertz CT molecular complexity index is 476. The van der Waals surface area contributed by atoms with Crippen LogP contribution in [-0.2, 0) is 0 Å². The van der Waals surface area contributed by atoms with Gasteiger partial charge in [0.1, 0.15) is 5.75 Å². The van der Waals surface area contributed by atoms with Crippen LogP contribution >= 0.6 is 15.9 Å². The van der Waals surface area contributed by atoms with Crippen LogP contribution in [0.3, 0.4) is 0 Å². The van der Waals surface area contributed by atoms with E-state index in [0.717, 1.165) is 34.6 Å². The first-order valence-electron chi connectivity index (χ1n) is 7.77. The maximum Gasteiger partial charge on any atom is 0.124 e. The van der Waals surface area contributed by atoms with Crippen molar-refractivity contribution in [3.63, 3.8) is 0 Å². The fourth-order valence-corrected chi connectivity index (χ4v) is 4.30. The van der Waals surface area contributed by atoms with Crippen LogP contribution in [0.4, 0.5) is 0 Å². The van der Waals surface area contributed by atoms with E-state index in [-0.39, 0.29) is 0 Å². The van der Waals surface area contributed by atoms with E-state index < -0.39 is 0 Å². The smallest absolute Gasteiger partial charge is 0.124 e. The van der Waals surface area contributed by atoms with Gasteiger partial charge in [-0.1, -0.05) is 22.4 Å². The maximum atomic E-state index is 6.19. The quantitative estimate of drug-likeness (QED) is 0.851. The number of halogens is 1. The van der Waals surface area contributed by atoms with Crippen molar-refractivity contribution in [2.24, 2.45) is 17.8 Å². The van der Waals surface area contributed by atoms with Crippen LogP contribution in [0.25, 0.3) is 0 Å². The molecule has 2 saturated carbocycles. The van der Waals surface area contributed by atoms with E-state index in [1.54, 1.807) is 0 Å². The van der Waals surface area contributed by atoms with Crippen LogP contribution in [0.2, 0.25) is 0 Å². The predicted molar refractivity (Wildman–Crippen MR) is 86.0 cm³/mol. The first kappa shape index (κ1) is 14.4. The van der Waals surface area contributed by atoms with Crippen LogP contribution < -0.4 is 10.1 Å². The summed E-state index contributed by atoms with van der Waals surface area (Å²) in [5.74, 6) is 3.75. The summed E-state index contributed by atoms with van der Waals surface area (Å²) in [6.45, 7) is 3.07. The Morgan fingerprint density at radius 2 is 2.20 bits per heavy atom. The van der Waals surface area contributed by atoms with Crippen molar-refractivity contribution in [2.75, 3.05) is 13.7 Å². The largest absolute Gasteiger partial charge is 0.493 e. The van der Waals surface area contributed by atoms with Gasteiger partial charge in [-0.25, -0.2) is 0 Å². The Labute approximate surface area is 130 Å². The predicted octanol–water partition coefficient (Wildman–Crippen LogP) is 4.54. The molecule has 0 radical (unpaired) electrons. The molecule has 2 aliphatic rings. The highest BCUT2D eigenvalue weighted by molar-refractivity contribution is 9.10. The molecule has 1 N–H and O–H groups in total. The van der Waals surface area contributed by atoms with Crippen molar-refractivity contribution in [2.45, 2.75) is 38.6 Å². The van der Waals surface area contributed by atoms with Gasteiger partial charge in [-0.3, -0.25) is 0 Å². The molecule has 4 atom stereocenters. The third-order valence-electron chi connectivity index (χ3n) is 5.21. The van der Waals surface area contributed by atoms with E-state index in [2.05, 4.69) is 46.4 Å². The zero-order chi connectivity index (χ0) is 14.1. The van der Waals surface area contributed by atoms with E-state index >= 15 is 0 Å². The zero-order valence-corrected chi connectivity index (χ0v) is 13.9. The van der Waals surface area contributed by atoms with Gasteiger partial charge in [0.2, 0.25) is 0 Å². The second kappa shape index (κ2) is 6.07. The molecule has 3 heteroatoms. The summed E-state index contributed by atoms with van der Waals surface area (Å²) in [4.78, 5) is 0. The minimum absolute atomic E-state index is 0.308. The molecule has 2 nitrogen and oxygen atoms in total. The van der Waals surface area contributed by atoms with Crippen molar-refractivity contribution in [1.82, 2.24) is 5.32 Å². The Kier molecular flexibility index (Phi) is 4.37. The summed E-state index contributed by atoms with van der Waals surface area (Å²) in [6, 6.07) is 6.64. The monoisotopic (exact) mass is 337 g/mol. The minimum Gasteiger partial charge on any atom is -0.493 e. The summed E-state index contributed by atoms with van der Waals surface area (Å²) in [7, 11) is 1.99. The van der Waals surface area contributed by atoms with E-state index in [9.17, 15) is 0 Å². The lowest BCUT2D eigenvalue weighted by Gasteiger charge is -2.23. The highest BCUT2D eigenvalue weighted by atomic mass is 79.9. The first-order valence-corrected chi connectivity index (χ1v) is 8.56. The normalized spacial score (nSPS) is 29.6. The molecule has 110 valence electrons. The Hall–Kier alpha value is -0.540. The van der Waals surface area contributed by atoms with Crippen LogP contribution in [0.15, 0.2) is 22.7 Å². The highest BCUT2D eigenvalue weighted by Gasteiger charge is 2.39. The van der Waals surface area contributed by atoms with Gasteiger partial charge < -0.3 is 10.1 Å². The standard InChI is InChI=1S/C17H24BrNO/c1-11(19-2)16-9-15(18)5-6-17(16)20-10-14-8-12-3-4-13(14)7-12/h5-6,9,11-14,19H,3-4,7-8,10H2,1-2H3. The second-order valence-corrected chi connectivity index (χ2v) is 7.35. The lowest BCUT2D eigenvalue weighted by atomic mass is 9.89. The molecule has 0 heterocycles. The highest BCUT2D eigenvalue weighted by Crippen LogP contribution is 2.48. The fraction of sp³-hybridized carbons (Fsp3) is 0.647. The summed E-state index contributed by atoms with van der Waals surface area (Å²) in [6.07, 6.45) is 5.73. The SMILES string of the molecule is CNC(C)c1cc(Br)ccc1OCC1CC2CCC1C2. The number of fused-ring (bicyclic) bond motifs is 2. The number of hydrogen-bond donors (Lipinski definition) is 1. The molecule has 3 rings (SSSR count). The van der Waals surface area contributed by atoms with Crippen molar-refractivity contribution in [3.8, 4) is 5.75 Å². The lowest BCUT2D eigenvalue weighted by Crippen LogP contribution is -2.20. The van der Waals surface area contributed by atoms with Crippen LogP contribution in [0.1, 0.15) is 44.2 Å². The average Bonchev–Trinajstić information content (AvgIpc) is 3.07. The third-order valence-corrected chi connectivity index (χ3v) is 5.70. The van der Waals surface area contributed by atoms with E-state index in [1.165, 1.54) is 31.2 Å². The van der Waals surface area contributed by atoms with Crippen LogP contribution in [0.5, 0.6) is 5.75 Å². The topological polar surface area (TPSA) is 21.3 Å². The number of benzene rings is 1. The van der Waals surface area contributed by atoms with Gasteiger partial charge >= 0.3 is 0 Å². The number of hydrogen-bond acceptors (Lipinski definition) is 2. The Morgan fingerprint density at radius 1 is 1.35 bits per heavy atom. The van der Waals surface area contributed by atoms with Gasteiger partial charge in [0.15, 0.2) is 0 Å². The summed E-state index contributed by atoms with van der Waals surface area (Å²) >= 11 is 3.55. The van der Waals surface area contributed by atoms with Crippen molar-refractivity contribution >= 4 is 15.9 Å². The third kappa shape index (κ3) is 2.89. The minimum atomic E-state index is 0.308. The fourth-order valence-electron chi connectivity index (χ4n) is 3.92. The molecule has 2 aliphatic carbocycles. The lowest BCUT2D eigenvalue weighted by molar-refractivity contribution is 0.193. The molecular weight excluding hydrogens is 314 g/mol. The molecule has 0 amide bonds. The van der Waals surface area contributed by atoms with E-state index in [1.807, 2.05) is 7.05 Å². The second-order valence-electron chi connectivity index (χ2n) is 6.44. The molecule has 0 spiro atoms. The first-order chi connectivity index (χ1) is 9.67. The molecule has 1 aromatic carbocycles. The summed E-state index contributed by atoms with van der Waals surface area (Å²) in [5, 5.41) is 3.30. The van der Waals surface area contributed by atoms with Gasteiger partial charge in [-0.15, -0.1) is 0 Å². The molecule has 4 unspecified atom stereocenters. The molecule has 20 heavy (non-hydrogen) atoms. The molecular formula is C17H24BrNO. The molecule has 1 aromatic rings. The molecule has 0 aromatic heterocycles. The van der Waals surface area contributed by atoms with Crippen molar-refractivity contribution in [3.05, 3.63) is 28.2 Å². The van der Waals surface area contributed by atoms with Gasteiger partial charge in [-0.05, 0) is 69.2 Å². The van der Waals surface area contributed by atoms with Crippen LogP contribution in [-0.4, -0.2) is 13.7 Å². The number of rotatable bonds is 5. The summed E-state index contributed by atoms with van der Waals surface area (Å²) in [5.41, 5.74) is 1.24. The molecule has 2 bridgehead atoms. The summed E-state index contributed by atoms with van der Waals surface area (Å²) < 4.78 is 7.30. The number of ether oxygens (including phenoxy) is 1. The van der Waals surface area contributed by atoms with Gasteiger partial charge in [0.25, 0.3) is 0 Å². The average molecular weight is 338 g/mol.